The number of carbonyl (C=O) groups excluding carboxylic acids is 1. The van der Waals surface area contributed by atoms with Gasteiger partial charge in [0.15, 0.2) is 0 Å². The zero-order chi connectivity index (χ0) is 17.1. The zero-order valence-electron chi connectivity index (χ0n) is 13.2. The van der Waals surface area contributed by atoms with Crippen molar-refractivity contribution in [3.05, 3.63) is 58.9 Å². The molecule has 0 saturated heterocycles. The van der Waals surface area contributed by atoms with E-state index in [1.165, 1.54) is 13.2 Å². The SMILES string of the molecule is CCOC=C(C=C(C#N)C#N)CCc1ccc(C(=O)OC)cc1. The van der Waals surface area contributed by atoms with Crippen LogP contribution in [0.15, 0.2) is 47.7 Å². The highest BCUT2D eigenvalue weighted by Gasteiger charge is 2.05. The average molecular weight is 310 g/mol. The van der Waals surface area contributed by atoms with E-state index in [-0.39, 0.29) is 11.5 Å². The lowest BCUT2D eigenvalue weighted by Crippen LogP contribution is -2.01. The summed E-state index contributed by atoms with van der Waals surface area (Å²) in [5.74, 6) is -0.371. The van der Waals surface area contributed by atoms with E-state index in [0.29, 0.717) is 25.0 Å². The average Bonchev–Trinajstić information content (AvgIpc) is 2.61. The van der Waals surface area contributed by atoms with Crippen LogP contribution in [-0.4, -0.2) is 19.7 Å². The van der Waals surface area contributed by atoms with Gasteiger partial charge in [-0.25, -0.2) is 4.79 Å². The number of allylic oxidation sites excluding steroid dienone is 3. The smallest absolute Gasteiger partial charge is 0.337 e. The Labute approximate surface area is 136 Å². The van der Waals surface area contributed by atoms with Gasteiger partial charge in [0, 0.05) is 0 Å². The molecular formula is C18H18N2O3. The van der Waals surface area contributed by atoms with Gasteiger partial charge in [-0.3, -0.25) is 0 Å². The molecule has 0 heterocycles. The molecule has 5 heteroatoms. The van der Waals surface area contributed by atoms with E-state index in [1.807, 2.05) is 31.2 Å². The van der Waals surface area contributed by atoms with Gasteiger partial charge in [-0.1, -0.05) is 12.1 Å². The molecule has 0 saturated carbocycles. The zero-order valence-corrected chi connectivity index (χ0v) is 13.2. The molecule has 0 aliphatic carbocycles. The van der Waals surface area contributed by atoms with Gasteiger partial charge in [0.25, 0.3) is 0 Å². The van der Waals surface area contributed by atoms with Crippen molar-refractivity contribution in [3.63, 3.8) is 0 Å². The Hall–Kier alpha value is -3.05. The fourth-order valence-electron chi connectivity index (χ4n) is 1.84. The number of nitrogens with zero attached hydrogens (tertiary/aromatic N) is 2. The quantitative estimate of drug-likeness (QED) is 0.334. The van der Waals surface area contributed by atoms with Crippen LogP contribution in [0, 0.1) is 22.7 Å². The number of hydrogen-bond donors (Lipinski definition) is 0. The normalized spacial score (nSPS) is 10.2. The summed E-state index contributed by atoms with van der Waals surface area (Å²) < 4.78 is 9.91. The third-order valence-corrected chi connectivity index (χ3v) is 3.05. The molecule has 1 aromatic rings. The van der Waals surface area contributed by atoms with Gasteiger partial charge in [0.05, 0.1) is 25.5 Å². The number of benzene rings is 1. The molecule has 1 aromatic carbocycles. The largest absolute Gasteiger partial charge is 0.501 e. The molecule has 0 aliphatic rings. The summed E-state index contributed by atoms with van der Waals surface area (Å²) in [5, 5.41) is 17.7. The van der Waals surface area contributed by atoms with Gasteiger partial charge in [-0.15, -0.1) is 0 Å². The number of esters is 1. The minimum Gasteiger partial charge on any atom is -0.501 e. The lowest BCUT2D eigenvalue weighted by Gasteiger charge is -2.05. The number of methoxy groups -OCH3 is 1. The number of nitriles is 2. The molecule has 5 nitrogen and oxygen atoms in total. The Bertz CT molecular complexity index is 658. The van der Waals surface area contributed by atoms with Gasteiger partial charge in [-0.05, 0) is 49.1 Å². The maximum atomic E-state index is 11.4. The van der Waals surface area contributed by atoms with Crippen LogP contribution < -0.4 is 0 Å². The van der Waals surface area contributed by atoms with E-state index in [2.05, 4.69) is 4.74 Å². The van der Waals surface area contributed by atoms with E-state index in [0.717, 1.165) is 11.1 Å². The van der Waals surface area contributed by atoms with Crippen LogP contribution in [0.2, 0.25) is 0 Å². The molecule has 0 atom stereocenters. The number of aryl methyl sites for hydroxylation is 1. The van der Waals surface area contributed by atoms with Crippen molar-refractivity contribution in [2.75, 3.05) is 13.7 Å². The first kappa shape index (κ1) is 18.0. The highest BCUT2D eigenvalue weighted by Crippen LogP contribution is 2.14. The summed E-state index contributed by atoms with van der Waals surface area (Å²) in [5.41, 5.74) is 2.33. The first-order valence-electron chi connectivity index (χ1n) is 7.14. The number of ether oxygens (including phenoxy) is 2. The van der Waals surface area contributed by atoms with Crippen molar-refractivity contribution in [1.82, 2.24) is 0 Å². The Balaban J connectivity index is 2.79. The Morgan fingerprint density at radius 3 is 2.39 bits per heavy atom. The first-order chi connectivity index (χ1) is 11.1. The number of rotatable bonds is 7. The highest BCUT2D eigenvalue weighted by atomic mass is 16.5. The predicted molar refractivity (Wildman–Crippen MR) is 85.1 cm³/mol. The fraction of sp³-hybridized carbons (Fsp3) is 0.278. The van der Waals surface area contributed by atoms with E-state index in [1.54, 1.807) is 18.4 Å². The van der Waals surface area contributed by atoms with Crippen molar-refractivity contribution < 1.29 is 14.3 Å². The van der Waals surface area contributed by atoms with E-state index in [9.17, 15) is 4.79 Å². The molecule has 118 valence electrons. The monoisotopic (exact) mass is 310 g/mol. The molecule has 0 unspecified atom stereocenters. The second-order valence-electron chi connectivity index (χ2n) is 4.62. The first-order valence-corrected chi connectivity index (χ1v) is 7.14. The summed E-state index contributed by atoms with van der Waals surface area (Å²) >= 11 is 0. The Morgan fingerprint density at radius 1 is 1.22 bits per heavy atom. The fourth-order valence-corrected chi connectivity index (χ4v) is 1.84. The van der Waals surface area contributed by atoms with Crippen LogP contribution in [0.1, 0.15) is 29.3 Å². The van der Waals surface area contributed by atoms with Crippen molar-refractivity contribution in [3.8, 4) is 12.1 Å². The Morgan fingerprint density at radius 2 is 1.87 bits per heavy atom. The molecular weight excluding hydrogens is 292 g/mol. The highest BCUT2D eigenvalue weighted by molar-refractivity contribution is 5.89. The van der Waals surface area contributed by atoms with Crippen LogP contribution in [0.3, 0.4) is 0 Å². The molecule has 0 aromatic heterocycles. The van der Waals surface area contributed by atoms with Gasteiger partial charge < -0.3 is 9.47 Å². The molecule has 0 aliphatic heterocycles. The molecule has 0 N–H and O–H groups in total. The van der Waals surface area contributed by atoms with Gasteiger partial charge in [0.2, 0.25) is 0 Å². The standard InChI is InChI=1S/C18H18N2O3/c1-3-23-13-15(10-16(11-19)12-20)5-4-14-6-8-17(9-7-14)18(21)22-2/h6-10,13H,3-5H2,1-2H3. The third kappa shape index (κ3) is 6.07. The summed E-state index contributed by atoms with van der Waals surface area (Å²) in [6.07, 6.45) is 4.40. The molecule has 1 rings (SSSR count). The third-order valence-electron chi connectivity index (χ3n) is 3.05. The van der Waals surface area contributed by atoms with Crippen LogP contribution in [0.25, 0.3) is 0 Å². The molecule has 0 amide bonds. The topological polar surface area (TPSA) is 83.1 Å². The summed E-state index contributed by atoms with van der Waals surface area (Å²) in [7, 11) is 1.34. The van der Waals surface area contributed by atoms with Crippen LogP contribution in [0.4, 0.5) is 0 Å². The maximum Gasteiger partial charge on any atom is 0.337 e. The van der Waals surface area contributed by atoms with E-state index < -0.39 is 0 Å². The van der Waals surface area contributed by atoms with Crippen molar-refractivity contribution in [2.45, 2.75) is 19.8 Å². The van der Waals surface area contributed by atoms with Crippen molar-refractivity contribution in [2.24, 2.45) is 0 Å². The molecule has 0 fully saturated rings. The van der Waals surface area contributed by atoms with E-state index >= 15 is 0 Å². The minimum absolute atomic E-state index is 0.0389. The number of carbonyl (C=O) groups is 1. The molecule has 0 bridgehead atoms. The van der Waals surface area contributed by atoms with Gasteiger partial charge in [-0.2, -0.15) is 10.5 Å². The second kappa shape index (κ2) is 9.81. The summed E-state index contributed by atoms with van der Waals surface area (Å²) in [4.78, 5) is 11.4. The predicted octanol–water partition coefficient (Wildman–Crippen LogP) is 3.30. The Kier molecular flexibility index (Phi) is 7.68. The summed E-state index contributed by atoms with van der Waals surface area (Å²) in [6, 6.07) is 10.8. The molecule has 0 radical (unpaired) electrons. The lowest BCUT2D eigenvalue weighted by atomic mass is 10.0. The second-order valence-corrected chi connectivity index (χ2v) is 4.62. The van der Waals surface area contributed by atoms with Crippen molar-refractivity contribution in [1.29, 1.82) is 10.5 Å². The van der Waals surface area contributed by atoms with E-state index in [4.69, 9.17) is 15.3 Å². The minimum atomic E-state index is -0.371. The maximum absolute atomic E-state index is 11.4. The van der Waals surface area contributed by atoms with Crippen LogP contribution in [0.5, 0.6) is 0 Å². The molecule has 23 heavy (non-hydrogen) atoms. The lowest BCUT2D eigenvalue weighted by molar-refractivity contribution is 0.0600. The van der Waals surface area contributed by atoms with Gasteiger partial charge in [0.1, 0.15) is 17.7 Å². The summed E-state index contributed by atoms with van der Waals surface area (Å²) in [6.45, 7) is 2.37. The van der Waals surface area contributed by atoms with Crippen molar-refractivity contribution >= 4 is 5.97 Å². The molecule has 0 spiro atoms. The number of hydrogen-bond acceptors (Lipinski definition) is 5. The van der Waals surface area contributed by atoms with Gasteiger partial charge >= 0.3 is 5.97 Å². The van der Waals surface area contributed by atoms with Crippen LogP contribution in [-0.2, 0) is 15.9 Å². The van der Waals surface area contributed by atoms with Crippen LogP contribution >= 0.6 is 0 Å².